The highest BCUT2D eigenvalue weighted by molar-refractivity contribution is 5.04. The van der Waals surface area contributed by atoms with E-state index < -0.39 is 0 Å². The van der Waals surface area contributed by atoms with Crippen LogP contribution < -0.4 is 5.73 Å². The van der Waals surface area contributed by atoms with Crippen LogP contribution in [-0.2, 0) is 6.42 Å². The monoisotopic (exact) mass is 247 g/mol. The Morgan fingerprint density at radius 3 is 2.94 bits per heavy atom. The molecule has 2 N–H and O–H groups in total. The fourth-order valence-electron chi connectivity index (χ4n) is 3.14. The molecule has 2 unspecified atom stereocenters. The Morgan fingerprint density at radius 2 is 2.28 bits per heavy atom. The zero-order chi connectivity index (χ0) is 12.8. The molecule has 0 amide bonds. The molecule has 1 aromatic heterocycles. The molecule has 1 aliphatic carbocycles. The van der Waals surface area contributed by atoms with Crippen molar-refractivity contribution in [3.8, 4) is 0 Å². The minimum Gasteiger partial charge on any atom is -0.330 e. The van der Waals surface area contributed by atoms with Gasteiger partial charge in [0.1, 0.15) is 0 Å². The summed E-state index contributed by atoms with van der Waals surface area (Å²) in [4.78, 5) is 7.00. The lowest BCUT2D eigenvalue weighted by atomic mass is 10.0. The molecule has 0 saturated heterocycles. The van der Waals surface area contributed by atoms with Gasteiger partial charge >= 0.3 is 0 Å². The van der Waals surface area contributed by atoms with Gasteiger partial charge in [-0.05, 0) is 44.0 Å². The third kappa shape index (κ3) is 3.30. The lowest BCUT2D eigenvalue weighted by Gasteiger charge is -2.31. The molecule has 3 heteroatoms. The van der Waals surface area contributed by atoms with Crippen molar-refractivity contribution in [2.24, 2.45) is 11.7 Å². The first kappa shape index (κ1) is 13.5. The van der Waals surface area contributed by atoms with E-state index in [0.717, 1.165) is 26.1 Å². The highest BCUT2D eigenvalue weighted by atomic mass is 15.2. The Bertz CT molecular complexity index is 339. The molecular weight excluding hydrogens is 222 g/mol. The Labute approximate surface area is 110 Å². The average Bonchev–Trinajstić information content (AvgIpc) is 2.89. The van der Waals surface area contributed by atoms with Crippen molar-refractivity contribution in [1.82, 2.24) is 9.88 Å². The van der Waals surface area contributed by atoms with Gasteiger partial charge in [-0.25, -0.2) is 0 Å². The molecule has 0 spiro atoms. The van der Waals surface area contributed by atoms with Gasteiger partial charge in [0, 0.05) is 30.9 Å². The van der Waals surface area contributed by atoms with Crippen LogP contribution in [0.25, 0.3) is 0 Å². The van der Waals surface area contributed by atoms with E-state index in [1.165, 1.54) is 25.0 Å². The molecule has 1 aliphatic rings. The summed E-state index contributed by atoms with van der Waals surface area (Å²) in [6.45, 7) is 5.32. The van der Waals surface area contributed by atoms with Crippen molar-refractivity contribution >= 4 is 0 Å². The standard InChI is InChI=1S/C15H25N3/c1-2-18(15-8-5-6-13(15)12-16)11-9-14-7-3-4-10-17-14/h3-4,7,10,13,15H,2,5-6,8-9,11-12,16H2,1H3. The van der Waals surface area contributed by atoms with E-state index in [1.54, 1.807) is 0 Å². The van der Waals surface area contributed by atoms with Gasteiger partial charge in [0.05, 0.1) is 0 Å². The maximum Gasteiger partial charge on any atom is 0.0416 e. The van der Waals surface area contributed by atoms with Crippen molar-refractivity contribution in [3.05, 3.63) is 30.1 Å². The fraction of sp³-hybridized carbons (Fsp3) is 0.667. The number of hydrogen-bond donors (Lipinski definition) is 1. The number of nitrogens with two attached hydrogens (primary N) is 1. The second-order valence-corrected chi connectivity index (χ2v) is 5.19. The third-order valence-electron chi connectivity index (χ3n) is 4.18. The molecule has 0 bridgehead atoms. The van der Waals surface area contributed by atoms with E-state index in [9.17, 15) is 0 Å². The summed E-state index contributed by atoms with van der Waals surface area (Å²) in [6, 6.07) is 6.85. The molecule has 3 nitrogen and oxygen atoms in total. The number of hydrogen-bond acceptors (Lipinski definition) is 3. The van der Waals surface area contributed by atoms with Gasteiger partial charge in [0.2, 0.25) is 0 Å². The van der Waals surface area contributed by atoms with Crippen molar-refractivity contribution in [3.63, 3.8) is 0 Å². The van der Waals surface area contributed by atoms with Gasteiger partial charge in [-0.2, -0.15) is 0 Å². The van der Waals surface area contributed by atoms with Crippen LogP contribution in [0.15, 0.2) is 24.4 Å². The molecular formula is C15H25N3. The summed E-state index contributed by atoms with van der Waals surface area (Å²) in [7, 11) is 0. The molecule has 100 valence electrons. The molecule has 1 fully saturated rings. The second-order valence-electron chi connectivity index (χ2n) is 5.19. The molecule has 1 aromatic rings. The number of aromatic nitrogens is 1. The van der Waals surface area contributed by atoms with E-state index in [2.05, 4.69) is 28.9 Å². The van der Waals surface area contributed by atoms with Crippen LogP contribution in [0, 0.1) is 5.92 Å². The first-order valence-electron chi connectivity index (χ1n) is 7.19. The number of pyridine rings is 1. The Kier molecular flexibility index (Phi) is 5.14. The lowest BCUT2D eigenvalue weighted by Crippen LogP contribution is -2.41. The van der Waals surface area contributed by atoms with Crippen molar-refractivity contribution in [1.29, 1.82) is 0 Å². The minimum atomic E-state index is 0.698. The Hall–Kier alpha value is -0.930. The number of rotatable bonds is 6. The number of nitrogens with zero attached hydrogens (tertiary/aromatic N) is 2. The smallest absolute Gasteiger partial charge is 0.0416 e. The van der Waals surface area contributed by atoms with Crippen LogP contribution >= 0.6 is 0 Å². The van der Waals surface area contributed by atoms with Crippen LogP contribution in [0.4, 0.5) is 0 Å². The summed E-state index contributed by atoms with van der Waals surface area (Å²) < 4.78 is 0. The van der Waals surface area contributed by atoms with Crippen molar-refractivity contribution < 1.29 is 0 Å². The van der Waals surface area contributed by atoms with E-state index in [-0.39, 0.29) is 0 Å². The Balaban J connectivity index is 1.89. The Morgan fingerprint density at radius 1 is 1.39 bits per heavy atom. The van der Waals surface area contributed by atoms with Gasteiger partial charge in [-0.1, -0.05) is 19.4 Å². The highest BCUT2D eigenvalue weighted by Gasteiger charge is 2.29. The molecule has 2 rings (SSSR count). The first-order valence-corrected chi connectivity index (χ1v) is 7.19. The maximum absolute atomic E-state index is 5.88. The topological polar surface area (TPSA) is 42.2 Å². The van der Waals surface area contributed by atoms with Crippen LogP contribution in [0.2, 0.25) is 0 Å². The van der Waals surface area contributed by atoms with Crippen molar-refractivity contribution in [2.45, 2.75) is 38.6 Å². The molecule has 18 heavy (non-hydrogen) atoms. The summed E-state index contributed by atoms with van der Waals surface area (Å²) in [5.41, 5.74) is 7.08. The molecule has 0 aromatic carbocycles. The number of likely N-dealkylation sites (N-methyl/N-ethyl adjacent to an activating group) is 1. The zero-order valence-electron chi connectivity index (χ0n) is 11.4. The normalized spacial score (nSPS) is 23.7. The van der Waals surface area contributed by atoms with Crippen molar-refractivity contribution in [2.75, 3.05) is 19.6 Å². The van der Waals surface area contributed by atoms with Gasteiger partial charge < -0.3 is 5.73 Å². The van der Waals surface area contributed by atoms with E-state index in [0.29, 0.717) is 12.0 Å². The van der Waals surface area contributed by atoms with E-state index >= 15 is 0 Å². The van der Waals surface area contributed by atoms with E-state index in [1.807, 2.05) is 12.3 Å². The molecule has 0 radical (unpaired) electrons. The highest BCUT2D eigenvalue weighted by Crippen LogP contribution is 2.29. The predicted molar refractivity (Wildman–Crippen MR) is 75.4 cm³/mol. The van der Waals surface area contributed by atoms with Crippen LogP contribution in [0.5, 0.6) is 0 Å². The van der Waals surface area contributed by atoms with Gasteiger partial charge in [-0.3, -0.25) is 9.88 Å². The summed E-state index contributed by atoms with van der Waals surface area (Å²) in [5, 5.41) is 0. The molecule has 0 aliphatic heterocycles. The maximum atomic E-state index is 5.88. The van der Waals surface area contributed by atoms with Crippen LogP contribution in [0.1, 0.15) is 31.9 Å². The SMILES string of the molecule is CCN(CCc1ccccn1)C1CCCC1CN. The predicted octanol–water partition coefficient (Wildman–Crippen LogP) is 2.07. The first-order chi connectivity index (χ1) is 8.85. The molecule has 1 heterocycles. The largest absolute Gasteiger partial charge is 0.330 e. The van der Waals surface area contributed by atoms with Crippen LogP contribution in [-0.4, -0.2) is 35.6 Å². The third-order valence-corrected chi connectivity index (χ3v) is 4.18. The summed E-state index contributed by atoms with van der Waals surface area (Å²) in [6.07, 6.45) is 6.89. The zero-order valence-corrected chi connectivity index (χ0v) is 11.4. The van der Waals surface area contributed by atoms with Gasteiger partial charge in [0.25, 0.3) is 0 Å². The van der Waals surface area contributed by atoms with Crippen LogP contribution in [0.3, 0.4) is 0 Å². The lowest BCUT2D eigenvalue weighted by molar-refractivity contribution is 0.172. The molecule has 2 atom stereocenters. The summed E-state index contributed by atoms with van der Waals surface area (Å²) in [5.74, 6) is 0.702. The summed E-state index contributed by atoms with van der Waals surface area (Å²) >= 11 is 0. The molecule has 1 saturated carbocycles. The average molecular weight is 247 g/mol. The second kappa shape index (κ2) is 6.86. The quantitative estimate of drug-likeness (QED) is 0.837. The fourth-order valence-corrected chi connectivity index (χ4v) is 3.14. The van der Waals surface area contributed by atoms with Gasteiger partial charge in [-0.15, -0.1) is 0 Å². The minimum absolute atomic E-state index is 0.698. The van der Waals surface area contributed by atoms with Gasteiger partial charge in [0.15, 0.2) is 0 Å². The van der Waals surface area contributed by atoms with E-state index in [4.69, 9.17) is 5.73 Å².